The third kappa shape index (κ3) is 4.72. The first-order valence-electron chi connectivity index (χ1n) is 12.4. The lowest BCUT2D eigenvalue weighted by Crippen LogP contribution is -2.40. The molecular formula is C32H25N3O5. The van der Waals surface area contributed by atoms with E-state index >= 15 is 0 Å². The Balaban J connectivity index is 1.59. The number of rotatable bonds is 6. The number of allylic oxidation sites excluding steroid dienone is 1. The summed E-state index contributed by atoms with van der Waals surface area (Å²) in [7, 11) is 2.42. The van der Waals surface area contributed by atoms with Gasteiger partial charge in [0.25, 0.3) is 0 Å². The molecule has 8 nitrogen and oxygen atoms in total. The van der Waals surface area contributed by atoms with Crippen molar-refractivity contribution in [2.45, 2.75) is 5.92 Å². The molecule has 0 spiro atoms. The van der Waals surface area contributed by atoms with Crippen LogP contribution in [-0.2, 0) is 19.1 Å². The van der Waals surface area contributed by atoms with E-state index in [0.29, 0.717) is 22.7 Å². The fourth-order valence-electron chi connectivity index (χ4n) is 4.81. The molecule has 4 aromatic rings. The van der Waals surface area contributed by atoms with Crippen LogP contribution in [0.15, 0.2) is 120 Å². The molecule has 2 N–H and O–H groups in total. The Kier molecular flexibility index (Phi) is 7.20. The molecule has 1 atom stereocenters. The molecule has 1 heterocycles. The van der Waals surface area contributed by atoms with Gasteiger partial charge in [-0.1, -0.05) is 60.7 Å². The average molecular weight is 532 g/mol. The first-order valence-corrected chi connectivity index (χ1v) is 12.4. The molecule has 0 radical (unpaired) electrons. The maximum absolute atomic E-state index is 13.2. The standard InChI is InChI=1S/C32H25N3O5/c1-38-31(36)28-27(21-9-4-3-5-10-21)26(19-33)30(34)35(29(28)32(37)39-2)23-13-16-24(17-14-23)40-25-15-12-20-8-6-7-11-22(20)18-25/h3-18,27H,34H2,1-2H3. The minimum absolute atomic E-state index is 0.00685. The third-order valence-electron chi connectivity index (χ3n) is 6.66. The molecule has 0 fully saturated rings. The van der Waals surface area contributed by atoms with Crippen LogP contribution in [0.3, 0.4) is 0 Å². The average Bonchev–Trinajstić information content (AvgIpc) is 3.00. The Morgan fingerprint density at radius 1 is 0.800 bits per heavy atom. The van der Waals surface area contributed by atoms with Crippen molar-refractivity contribution < 1.29 is 23.8 Å². The highest BCUT2D eigenvalue weighted by molar-refractivity contribution is 6.06. The van der Waals surface area contributed by atoms with E-state index in [1.165, 1.54) is 19.1 Å². The number of carbonyl (C=O) groups excluding carboxylic acids is 2. The van der Waals surface area contributed by atoms with E-state index in [2.05, 4.69) is 6.07 Å². The number of fused-ring (bicyclic) bond motifs is 1. The summed E-state index contributed by atoms with van der Waals surface area (Å²) in [5, 5.41) is 12.3. The van der Waals surface area contributed by atoms with Gasteiger partial charge in [-0.15, -0.1) is 0 Å². The summed E-state index contributed by atoms with van der Waals surface area (Å²) in [6, 6.07) is 31.5. The van der Waals surface area contributed by atoms with Crippen molar-refractivity contribution in [1.29, 1.82) is 5.26 Å². The predicted molar refractivity (Wildman–Crippen MR) is 150 cm³/mol. The van der Waals surface area contributed by atoms with Crippen molar-refractivity contribution in [3.8, 4) is 17.6 Å². The van der Waals surface area contributed by atoms with E-state index in [4.69, 9.17) is 19.9 Å². The molecule has 5 rings (SSSR count). The number of anilines is 1. The van der Waals surface area contributed by atoms with Gasteiger partial charge in [0.05, 0.1) is 37.4 Å². The monoisotopic (exact) mass is 531 g/mol. The number of nitrogens with zero attached hydrogens (tertiary/aromatic N) is 2. The Bertz CT molecular complexity index is 1700. The van der Waals surface area contributed by atoms with Crippen molar-refractivity contribution in [2.75, 3.05) is 19.1 Å². The Morgan fingerprint density at radius 2 is 1.43 bits per heavy atom. The maximum atomic E-state index is 13.2. The summed E-state index contributed by atoms with van der Waals surface area (Å²) < 4.78 is 16.2. The Hall–Kier alpha value is -5.55. The van der Waals surface area contributed by atoms with Crippen LogP contribution in [0.5, 0.6) is 11.5 Å². The van der Waals surface area contributed by atoms with E-state index in [-0.39, 0.29) is 22.7 Å². The number of nitrogens with two attached hydrogens (primary N) is 1. The highest BCUT2D eigenvalue weighted by atomic mass is 16.5. The van der Waals surface area contributed by atoms with Crippen molar-refractivity contribution in [2.24, 2.45) is 5.73 Å². The SMILES string of the molecule is COC(=O)C1=C(C(=O)OC)N(c2ccc(Oc3ccc4ccccc4c3)cc2)C(N)=C(C#N)C1c1ccccc1. The largest absolute Gasteiger partial charge is 0.466 e. The van der Waals surface area contributed by atoms with Gasteiger partial charge in [0.15, 0.2) is 0 Å². The van der Waals surface area contributed by atoms with Crippen LogP contribution < -0.4 is 15.4 Å². The smallest absolute Gasteiger partial charge is 0.355 e. The number of hydrogen-bond acceptors (Lipinski definition) is 8. The number of ether oxygens (including phenoxy) is 3. The van der Waals surface area contributed by atoms with E-state index in [0.717, 1.165) is 10.8 Å². The fourth-order valence-corrected chi connectivity index (χ4v) is 4.81. The number of esters is 2. The van der Waals surface area contributed by atoms with Crippen LogP contribution >= 0.6 is 0 Å². The first-order chi connectivity index (χ1) is 19.5. The molecule has 0 aliphatic carbocycles. The van der Waals surface area contributed by atoms with Gasteiger partial charge in [-0.3, -0.25) is 4.90 Å². The number of hydrogen-bond donors (Lipinski definition) is 1. The minimum atomic E-state index is -0.931. The van der Waals surface area contributed by atoms with Gasteiger partial charge in [-0.2, -0.15) is 5.26 Å². The summed E-state index contributed by atoms with van der Waals surface area (Å²) in [5.41, 5.74) is 7.48. The second kappa shape index (κ2) is 11.1. The zero-order valence-corrected chi connectivity index (χ0v) is 21.8. The number of carbonyl (C=O) groups is 2. The van der Waals surface area contributed by atoms with Crippen molar-refractivity contribution in [3.05, 3.63) is 125 Å². The summed E-state index contributed by atoms with van der Waals surface area (Å²) >= 11 is 0. The molecule has 198 valence electrons. The Morgan fingerprint density at radius 3 is 2.08 bits per heavy atom. The minimum Gasteiger partial charge on any atom is -0.466 e. The quantitative estimate of drug-likeness (QED) is 0.323. The summed E-state index contributed by atoms with van der Waals surface area (Å²) in [6.07, 6.45) is 0. The highest BCUT2D eigenvalue weighted by Gasteiger charge is 2.42. The second-order valence-electron chi connectivity index (χ2n) is 8.94. The second-order valence-corrected chi connectivity index (χ2v) is 8.94. The van der Waals surface area contributed by atoms with Gasteiger partial charge in [-0.25, -0.2) is 9.59 Å². The fraction of sp³-hybridized carbons (Fsp3) is 0.0938. The van der Waals surface area contributed by atoms with Gasteiger partial charge < -0.3 is 19.9 Å². The van der Waals surface area contributed by atoms with Crippen LogP contribution in [0.4, 0.5) is 5.69 Å². The van der Waals surface area contributed by atoms with Gasteiger partial charge in [0, 0.05) is 5.69 Å². The molecule has 4 aromatic carbocycles. The molecule has 0 amide bonds. The first kappa shape index (κ1) is 26.1. The zero-order chi connectivity index (χ0) is 28.2. The molecule has 0 bridgehead atoms. The maximum Gasteiger partial charge on any atom is 0.355 e. The predicted octanol–water partition coefficient (Wildman–Crippen LogP) is 5.53. The molecule has 0 saturated heterocycles. The molecular weight excluding hydrogens is 506 g/mol. The highest BCUT2D eigenvalue weighted by Crippen LogP contribution is 2.43. The van der Waals surface area contributed by atoms with E-state index in [9.17, 15) is 14.9 Å². The van der Waals surface area contributed by atoms with Crippen LogP contribution in [-0.4, -0.2) is 26.2 Å². The lowest BCUT2D eigenvalue weighted by molar-refractivity contribution is -0.139. The van der Waals surface area contributed by atoms with Crippen LogP contribution in [0.1, 0.15) is 11.5 Å². The summed E-state index contributed by atoms with van der Waals surface area (Å²) in [6.45, 7) is 0. The summed E-state index contributed by atoms with van der Waals surface area (Å²) in [5.74, 6) is -1.33. The molecule has 8 heteroatoms. The van der Waals surface area contributed by atoms with Crippen LogP contribution in [0.25, 0.3) is 10.8 Å². The summed E-state index contributed by atoms with van der Waals surface area (Å²) in [4.78, 5) is 27.7. The normalized spacial score (nSPS) is 15.0. The molecule has 40 heavy (non-hydrogen) atoms. The van der Waals surface area contributed by atoms with E-state index < -0.39 is 17.9 Å². The van der Waals surface area contributed by atoms with E-state index in [1.807, 2.05) is 48.5 Å². The van der Waals surface area contributed by atoms with Crippen molar-refractivity contribution in [1.82, 2.24) is 0 Å². The lowest BCUT2D eigenvalue weighted by atomic mass is 9.81. The molecule has 1 aliphatic rings. The van der Waals surface area contributed by atoms with Crippen molar-refractivity contribution >= 4 is 28.4 Å². The van der Waals surface area contributed by atoms with Gasteiger partial charge in [0.2, 0.25) is 0 Å². The zero-order valence-electron chi connectivity index (χ0n) is 21.8. The van der Waals surface area contributed by atoms with Crippen LogP contribution in [0.2, 0.25) is 0 Å². The third-order valence-corrected chi connectivity index (χ3v) is 6.66. The van der Waals surface area contributed by atoms with Gasteiger partial charge in [0.1, 0.15) is 23.0 Å². The van der Waals surface area contributed by atoms with Gasteiger partial charge in [-0.05, 0) is 52.7 Å². The van der Waals surface area contributed by atoms with Crippen LogP contribution in [0, 0.1) is 11.3 Å². The van der Waals surface area contributed by atoms with E-state index in [1.54, 1.807) is 48.5 Å². The number of methoxy groups -OCH3 is 2. The van der Waals surface area contributed by atoms with Gasteiger partial charge >= 0.3 is 11.9 Å². The molecule has 0 aromatic heterocycles. The molecule has 1 unspecified atom stereocenters. The topological polar surface area (TPSA) is 115 Å². The van der Waals surface area contributed by atoms with Crippen molar-refractivity contribution in [3.63, 3.8) is 0 Å². The Labute approximate surface area is 231 Å². The lowest BCUT2D eigenvalue weighted by Gasteiger charge is -2.35. The molecule has 0 saturated carbocycles. The number of benzene rings is 4. The number of nitriles is 1. The molecule has 1 aliphatic heterocycles.